The molecule has 1 saturated carbocycles. The Morgan fingerprint density at radius 1 is 1.32 bits per heavy atom. The van der Waals surface area contributed by atoms with Crippen LogP contribution in [0.3, 0.4) is 0 Å². The second kappa shape index (κ2) is 6.66. The molecule has 1 saturated heterocycles. The lowest BCUT2D eigenvalue weighted by molar-refractivity contribution is -0.128. The van der Waals surface area contributed by atoms with Gasteiger partial charge in [-0.2, -0.15) is 0 Å². The Morgan fingerprint density at radius 3 is 2.53 bits per heavy atom. The van der Waals surface area contributed by atoms with E-state index in [-0.39, 0.29) is 5.91 Å². The third kappa shape index (κ3) is 3.45. The van der Waals surface area contributed by atoms with Gasteiger partial charge in [-0.05, 0) is 19.3 Å². The van der Waals surface area contributed by atoms with Gasteiger partial charge in [0.15, 0.2) is 0 Å². The van der Waals surface area contributed by atoms with Gasteiger partial charge in [0.2, 0.25) is 5.91 Å². The number of thiocarbonyl (C=S) groups is 1. The molecule has 1 aliphatic carbocycles. The number of ether oxygens (including phenoxy) is 1. The molecule has 0 aromatic carbocycles. The summed E-state index contributed by atoms with van der Waals surface area (Å²) in [6.45, 7) is 2.24. The highest BCUT2D eigenvalue weighted by Crippen LogP contribution is 2.35. The fraction of sp³-hybridized carbons (Fsp3) is 0.857. The summed E-state index contributed by atoms with van der Waals surface area (Å²) in [6.07, 6.45) is 7.06. The molecular weight excluding hydrogens is 260 g/mol. The molecule has 0 bridgehead atoms. The summed E-state index contributed by atoms with van der Waals surface area (Å²) >= 11 is 5.21. The van der Waals surface area contributed by atoms with E-state index in [0.717, 1.165) is 45.3 Å². The third-order valence-electron chi connectivity index (χ3n) is 4.44. The molecular formula is C14H24N2O2S. The van der Waals surface area contributed by atoms with Crippen LogP contribution in [-0.4, -0.2) is 30.7 Å². The number of nitrogens with two attached hydrogens (primary N) is 1. The molecule has 2 aliphatic rings. The van der Waals surface area contributed by atoms with Crippen LogP contribution in [0.25, 0.3) is 0 Å². The third-order valence-corrected chi connectivity index (χ3v) is 4.83. The van der Waals surface area contributed by atoms with Crippen LogP contribution in [0.5, 0.6) is 0 Å². The quantitative estimate of drug-likeness (QED) is 0.610. The van der Waals surface area contributed by atoms with Crippen molar-refractivity contribution >= 4 is 23.1 Å². The summed E-state index contributed by atoms with van der Waals surface area (Å²) in [5.41, 5.74) is 5.30. The zero-order valence-corrected chi connectivity index (χ0v) is 12.3. The Kier molecular flexibility index (Phi) is 5.16. The summed E-state index contributed by atoms with van der Waals surface area (Å²) in [5.74, 6) is 0.479. The Labute approximate surface area is 120 Å². The smallest absolute Gasteiger partial charge is 0.233 e. The minimum absolute atomic E-state index is 0.0359. The lowest BCUT2D eigenvalue weighted by atomic mass is 9.79. The van der Waals surface area contributed by atoms with Crippen LogP contribution in [0, 0.1) is 11.3 Å². The molecule has 1 aliphatic heterocycles. The predicted molar refractivity (Wildman–Crippen MR) is 78.9 cm³/mol. The van der Waals surface area contributed by atoms with Crippen molar-refractivity contribution in [3.05, 3.63) is 0 Å². The molecule has 1 heterocycles. The lowest BCUT2D eigenvalue weighted by Crippen LogP contribution is -2.49. The first kappa shape index (κ1) is 14.7. The van der Waals surface area contributed by atoms with Crippen LogP contribution in [0.1, 0.15) is 44.9 Å². The van der Waals surface area contributed by atoms with Crippen LogP contribution in [0.15, 0.2) is 0 Å². The maximum Gasteiger partial charge on any atom is 0.233 e. The zero-order valence-electron chi connectivity index (χ0n) is 11.5. The van der Waals surface area contributed by atoms with Crippen LogP contribution in [0.2, 0.25) is 0 Å². The molecule has 5 heteroatoms. The Morgan fingerprint density at radius 2 is 2.00 bits per heavy atom. The Bertz CT molecular complexity index is 332. The largest absolute Gasteiger partial charge is 0.392 e. The first-order valence-electron chi connectivity index (χ1n) is 7.31. The van der Waals surface area contributed by atoms with Gasteiger partial charge in [-0.3, -0.25) is 4.79 Å². The number of rotatable bonds is 4. The lowest BCUT2D eigenvalue weighted by Gasteiger charge is -2.30. The topological polar surface area (TPSA) is 64.4 Å². The van der Waals surface area contributed by atoms with E-state index in [9.17, 15) is 4.79 Å². The molecule has 1 atom stereocenters. The Hall–Kier alpha value is -0.680. The summed E-state index contributed by atoms with van der Waals surface area (Å²) in [4.78, 5) is 12.9. The van der Waals surface area contributed by atoms with E-state index in [1.807, 2.05) is 0 Å². The SMILES string of the molecule is NC(=S)C1(C(=O)NCC2CCOC2)CCCCCC1. The van der Waals surface area contributed by atoms with Crippen molar-refractivity contribution in [2.24, 2.45) is 17.1 Å². The highest BCUT2D eigenvalue weighted by Gasteiger charge is 2.41. The van der Waals surface area contributed by atoms with Crippen molar-refractivity contribution < 1.29 is 9.53 Å². The molecule has 2 fully saturated rings. The number of amides is 1. The van der Waals surface area contributed by atoms with Gasteiger partial charge in [-0.1, -0.05) is 37.9 Å². The van der Waals surface area contributed by atoms with Crippen molar-refractivity contribution in [2.45, 2.75) is 44.9 Å². The van der Waals surface area contributed by atoms with E-state index in [1.54, 1.807) is 0 Å². The zero-order chi connectivity index (χ0) is 13.7. The number of hydrogen-bond donors (Lipinski definition) is 2. The molecule has 1 unspecified atom stereocenters. The molecule has 0 spiro atoms. The van der Waals surface area contributed by atoms with Gasteiger partial charge < -0.3 is 15.8 Å². The highest BCUT2D eigenvalue weighted by molar-refractivity contribution is 7.80. The minimum Gasteiger partial charge on any atom is -0.392 e. The van der Waals surface area contributed by atoms with Crippen LogP contribution in [0.4, 0.5) is 0 Å². The molecule has 108 valence electrons. The number of carbonyl (C=O) groups excluding carboxylic acids is 1. The second-order valence-electron chi connectivity index (χ2n) is 5.80. The molecule has 3 N–H and O–H groups in total. The van der Waals surface area contributed by atoms with Crippen LogP contribution in [-0.2, 0) is 9.53 Å². The van der Waals surface area contributed by atoms with Gasteiger partial charge in [0.1, 0.15) is 0 Å². The maximum absolute atomic E-state index is 12.6. The van der Waals surface area contributed by atoms with E-state index >= 15 is 0 Å². The number of carbonyl (C=O) groups is 1. The van der Waals surface area contributed by atoms with Gasteiger partial charge in [0, 0.05) is 19.1 Å². The van der Waals surface area contributed by atoms with Gasteiger partial charge in [0.05, 0.1) is 17.0 Å². The van der Waals surface area contributed by atoms with E-state index in [0.29, 0.717) is 17.5 Å². The second-order valence-corrected chi connectivity index (χ2v) is 6.24. The first-order valence-corrected chi connectivity index (χ1v) is 7.72. The van der Waals surface area contributed by atoms with Gasteiger partial charge >= 0.3 is 0 Å². The summed E-state index contributed by atoms with van der Waals surface area (Å²) in [7, 11) is 0. The minimum atomic E-state index is -0.606. The monoisotopic (exact) mass is 284 g/mol. The van der Waals surface area contributed by atoms with Crippen molar-refractivity contribution in [1.82, 2.24) is 5.32 Å². The molecule has 0 aromatic rings. The molecule has 0 aromatic heterocycles. The van der Waals surface area contributed by atoms with Gasteiger partial charge in [-0.25, -0.2) is 0 Å². The van der Waals surface area contributed by atoms with Crippen LogP contribution < -0.4 is 11.1 Å². The molecule has 2 rings (SSSR count). The highest BCUT2D eigenvalue weighted by atomic mass is 32.1. The molecule has 19 heavy (non-hydrogen) atoms. The fourth-order valence-electron chi connectivity index (χ4n) is 3.07. The summed E-state index contributed by atoms with van der Waals surface area (Å²) in [5, 5.41) is 3.06. The van der Waals surface area contributed by atoms with Crippen LogP contribution >= 0.6 is 12.2 Å². The van der Waals surface area contributed by atoms with Crippen molar-refractivity contribution in [3.8, 4) is 0 Å². The average Bonchev–Trinajstić information content (AvgIpc) is 2.78. The normalized spacial score (nSPS) is 26.6. The van der Waals surface area contributed by atoms with Crippen molar-refractivity contribution in [1.29, 1.82) is 0 Å². The van der Waals surface area contributed by atoms with E-state index in [1.165, 1.54) is 12.8 Å². The van der Waals surface area contributed by atoms with E-state index < -0.39 is 5.41 Å². The molecule has 1 amide bonds. The fourth-order valence-corrected chi connectivity index (χ4v) is 3.36. The van der Waals surface area contributed by atoms with Gasteiger partial charge in [0.25, 0.3) is 0 Å². The average molecular weight is 284 g/mol. The number of nitrogens with one attached hydrogen (secondary N) is 1. The summed E-state index contributed by atoms with van der Waals surface area (Å²) < 4.78 is 5.33. The number of hydrogen-bond acceptors (Lipinski definition) is 3. The van der Waals surface area contributed by atoms with E-state index in [2.05, 4.69) is 5.32 Å². The summed E-state index contributed by atoms with van der Waals surface area (Å²) in [6, 6.07) is 0. The van der Waals surface area contributed by atoms with Gasteiger partial charge in [-0.15, -0.1) is 0 Å². The van der Waals surface area contributed by atoms with E-state index in [4.69, 9.17) is 22.7 Å². The first-order chi connectivity index (χ1) is 9.15. The predicted octanol–water partition coefficient (Wildman–Crippen LogP) is 1.77. The van der Waals surface area contributed by atoms with Crippen molar-refractivity contribution in [2.75, 3.05) is 19.8 Å². The molecule has 0 radical (unpaired) electrons. The molecule has 4 nitrogen and oxygen atoms in total. The Balaban J connectivity index is 1.96. The van der Waals surface area contributed by atoms with Crippen molar-refractivity contribution in [3.63, 3.8) is 0 Å². The maximum atomic E-state index is 12.6. The standard InChI is InChI=1S/C14H24N2O2S/c15-12(19)14(6-3-1-2-4-7-14)13(17)16-9-11-5-8-18-10-11/h11H,1-10H2,(H2,15,19)(H,16,17).